The molecule has 0 fully saturated rings. The van der Waals surface area contributed by atoms with Gasteiger partial charge >= 0.3 is 0 Å². The molecule has 2 aromatic carbocycles. The first-order chi connectivity index (χ1) is 16.5. The Kier molecular flexibility index (Phi) is 7.51. The van der Waals surface area contributed by atoms with Crippen LogP contribution in [0.25, 0.3) is 11.5 Å². The van der Waals surface area contributed by atoms with Crippen LogP contribution in [0.5, 0.6) is 17.2 Å². The quantitative estimate of drug-likeness (QED) is 0.321. The van der Waals surface area contributed by atoms with E-state index in [1.54, 1.807) is 48.8 Å². The van der Waals surface area contributed by atoms with Crippen LogP contribution in [0.1, 0.15) is 22.7 Å². The van der Waals surface area contributed by atoms with E-state index in [1.165, 1.54) is 11.3 Å². The van der Waals surface area contributed by atoms with Gasteiger partial charge in [-0.1, -0.05) is 0 Å². The number of carbonyl (C=O) groups excluding carboxylic acids is 1. The molecule has 2 heterocycles. The van der Waals surface area contributed by atoms with E-state index < -0.39 is 0 Å². The normalized spacial score (nSPS) is 10.9. The van der Waals surface area contributed by atoms with Gasteiger partial charge in [-0.3, -0.25) is 10.1 Å². The lowest BCUT2D eigenvalue weighted by molar-refractivity contribution is 0.102. The van der Waals surface area contributed by atoms with Crippen LogP contribution in [-0.2, 0) is 0 Å². The summed E-state index contributed by atoms with van der Waals surface area (Å²) in [5.74, 6) is 2.28. The number of rotatable bonds is 10. The number of aryl methyl sites for hydroxylation is 1. The lowest BCUT2D eigenvalue weighted by Crippen LogP contribution is -2.16. The topological polar surface area (TPSA) is 103 Å². The predicted molar refractivity (Wildman–Crippen MR) is 130 cm³/mol. The molecule has 4 rings (SSSR count). The van der Waals surface area contributed by atoms with Crippen LogP contribution in [0, 0.1) is 6.92 Å². The Morgan fingerprint density at radius 1 is 1.09 bits per heavy atom. The second-order valence-electron chi connectivity index (χ2n) is 7.74. The van der Waals surface area contributed by atoms with Crippen LogP contribution in [-0.4, -0.2) is 53.2 Å². The lowest BCUT2D eigenvalue weighted by atomic mass is 10.2. The van der Waals surface area contributed by atoms with Gasteiger partial charge in [0.15, 0.2) is 5.13 Å². The summed E-state index contributed by atoms with van der Waals surface area (Å²) >= 11 is 1.35. The fourth-order valence-electron chi connectivity index (χ4n) is 3.09. The smallest absolute Gasteiger partial charge is 0.257 e. The first kappa shape index (κ1) is 23.4. The Morgan fingerprint density at radius 2 is 1.88 bits per heavy atom. The molecule has 0 radical (unpaired) electrons. The summed E-state index contributed by atoms with van der Waals surface area (Å²) in [5, 5.41) is 13.0. The first-order valence-electron chi connectivity index (χ1n) is 10.7. The van der Waals surface area contributed by atoms with Crippen LogP contribution < -0.4 is 14.8 Å². The van der Waals surface area contributed by atoms with Crippen molar-refractivity contribution >= 4 is 22.4 Å². The van der Waals surface area contributed by atoms with Crippen molar-refractivity contribution < 1.29 is 18.7 Å². The highest BCUT2D eigenvalue weighted by Gasteiger charge is 2.13. The van der Waals surface area contributed by atoms with E-state index in [0.29, 0.717) is 46.3 Å². The van der Waals surface area contributed by atoms with Gasteiger partial charge in [0.05, 0.1) is 6.61 Å². The van der Waals surface area contributed by atoms with E-state index in [1.807, 2.05) is 26.2 Å². The van der Waals surface area contributed by atoms with Crippen molar-refractivity contribution in [3.63, 3.8) is 0 Å². The summed E-state index contributed by atoms with van der Waals surface area (Å²) in [6.45, 7) is 3.17. The number of aromatic nitrogens is 3. The molecule has 34 heavy (non-hydrogen) atoms. The van der Waals surface area contributed by atoms with Crippen LogP contribution in [0.15, 0.2) is 58.5 Å². The Labute approximate surface area is 201 Å². The fourth-order valence-corrected chi connectivity index (χ4v) is 3.61. The minimum atomic E-state index is -0.291. The average molecular weight is 480 g/mol. The standard InChI is InChI=1S/C24H25N5O4S/c1-16-27-28-23(32-16)17-5-7-19(8-6-17)33-21-14-18(22(30)26-24-25-9-12-34-24)13-20(15-21)31-11-4-10-29(2)3/h5-9,12-15H,4,10-11H2,1-3H3,(H,25,26,30). The number of hydrogen-bond donors (Lipinski definition) is 1. The number of nitrogens with one attached hydrogen (secondary N) is 1. The molecule has 10 heteroatoms. The zero-order valence-corrected chi connectivity index (χ0v) is 20.0. The Balaban J connectivity index is 1.52. The van der Waals surface area contributed by atoms with Crippen LogP contribution in [0.3, 0.4) is 0 Å². The SMILES string of the molecule is Cc1nnc(-c2ccc(Oc3cc(OCCCN(C)C)cc(C(=O)Nc4nccs4)c3)cc2)o1. The highest BCUT2D eigenvalue weighted by molar-refractivity contribution is 7.13. The van der Waals surface area contributed by atoms with Gasteiger partial charge in [-0.15, -0.1) is 21.5 Å². The number of ether oxygens (including phenoxy) is 2. The minimum absolute atomic E-state index is 0.291. The molecule has 4 aromatic rings. The van der Waals surface area contributed by atoms with Gasteiger partial charge in [0, 0.05) is 42.2 Å². The summed E-state index contributed by atoms with van der Waals surface area (Å²) in [5.41, 5.74) is 1.20. The van der Waals surface area contributed by atoms with E-state index in [4.69, 9.17) is 13.9 Å². The third kappa shape index (κ3) is 6.40. The van der Waals surface area contributed by atoms with Crippen LogP contribution in [0.2, 0.25) is 0 Å². The molecule has 9 nitrogen and oxygen atoms in total. The molecular formula is C24H25N5O4S. The zero-order chi connectivity index (χ0) is 23.9. The molecule has 0 saturated carbocycles. The Hall–Kier alpha value is -3.76. The highest BCUT2D eigenvalue weighted by Crippen LogP contribution is 2.30. The van der Waals surface area contributed by atoms with Gasteiger partial charge in [0.25, 0.3) is 5.91 Å². The van der Waals surface area contributed by atoms with E-state index in [9.17, 15) is 4.79 Å². The van der Waals surface area contributed by atoms with Crippen molar-refractivity contribution in [1.29, 1.82) is 0 Å². The molecule has 1 N–H and O–H groups in total. The monoisotopic (exact) mass is 479 g/mol. The van der Waals surface area contributed by atoms with Crippen molar-refractivity contribution in [3.8, 4) is 28.7 Å². The van der Waals surface area contributed by atoms with Gasteiger partial charge in [-0.25, -0.2) is 4.98 Å². The van der Waals surface area contributed by atoms with Crippen molar-refractivity contribution in [2.45, 2.75) is 13.3 Å². The Morgan fingerprint density at radius 3 is 2.56 bits per heavy atom. The van der Waals surface area contributed by atoms with Crippen molar-refractivity contribution in [2.24, 2.45) is 0 Å². The molecular weight excluding hydrogens is 454 g/mol. The molecule has 0 unspecified atom stereocenters. The number of hydrogen-bond acceptors (Lipinski definition) is 9. The predicted octanol–water partition coefficient (Wildman–Crippen LogP) is 4.88. The number of carbonyl (C=O) groups is 1. The van der Waals surface area contributed by atoms with Gasteiger partial charge in [-0.2, -0.15) is 0 Å². The van der Waals surface area contributed by atoms with Gasteiger partial charge in [0.1, 0.15) is 17.2 Å². The number of thiazole rings is 1. The molecule has 176 valence electrons. The molecule has 2 aromatic heterocycles. The number of amides is 1. The second-order valence-corrected chi connectivity index (χ2v) is 8.64. The van der Waals surface area contributed by atoms with E-state index in [-0.39, 0.29) is 5.91 Å². The summed E-state index contributed by atoms with van der Waals surface area (Å²) in [6.07, 6.45) is 2.49. The fraction of sp³-hybridized carbons (Fsp3) is 0.250. The molecule has 0 saturated heterocycles. The van der Waals surface area contributed by atoms with Crippen LogP contribution in [0.4, 0.5) is 5.13 Å². The largest absolute Gasteiger partial charge is 0.493 e. The van der Waals surface area contributed by atoms with E-state index >= 15 is 0 Å². The Bertz CT molecular complexity index is 1220. The third-order valence-electron chi connectivity index (χ3n) is 4.68. The molecule has 0 spiro atoms. The molecule has 0 aliphatic carbocycles. The maximum atomic E-state index is 12.8. The zero-order valence-electron chi connectivity index (χ0n) is 19.1. The minimum Gasteiger partial charge on any atom is -0.493 e. The highest BCUT2D eigenvalue weighted by atomic mass is 32.1. The van der Waals surface area contributed by atoms with Gasteiger partial charge < -0.3 is 18.8 Å². The van der Waals surface area contributed by atoms with Gasteiger partial charge in [-0.05, 0) is 56.9 Å². The number of benzene rings is 2. The molecule has 0 atom stereocenters. The molecule has 0 aliphatic heterocycles. The second kappa shape index (κ2) is 10.9. The molecule has 1 amide bonds. The number of nitrogens with zero attached hydrogens (tertiary/aromatic N) is 4. The van der Waals surface area contributed by atoms with Crippen molar-refractivity contribution in [1.82, 2.24) is 20.1 Å². The average Bonchev–Trinajstić information content (AvgIpc) is 3.49. The van der Waals surface area contributed by atoms with Crippen LogP contribution >= 0.6 is 11.3 Å². The maximum absolute atomic E-state index is 12.8. The summed E-state index contributed by atoms with van der Waals surface area (Å²) in [7, 11) is 4.03. The van der Waals surface area contributed by atoms with Crippen molar-refractivity contribution in [2.75, 3.05) is 32.6 Å². The van der Waals surface area contributed by atoms with Gasteiger partial charge in [0.2, 0.25) is 11.8 Å². The third-order valence-corrected chi connectivity index (χ3v) is 5.36. The van der Waals surface area contributed by atoms with Crippen molar-refractivity contribution in [3.05, 3.63) is 65.5 Å². The molecule has 0 aliphatic rings. The summed E-state index contributed by atoms with van der Waals surface area (Å²) in [6, 6.07) is 12.4. The van der Waals surface area contributed by atoms with E-state index in [0.717, 1.165) is 18.5 Å². The summed E-state index contributed by atoms with van der Waals surface area (Å²) in [4.78, 5) is 19.0. The number of anilines is 1. The lowest BCUT2D eigenvalue weighted by Gasteiger charge is -2.13. The van der Waals surface area contributed by atoms with E-state index in [2.05, 4.69) is 25.4 Å². The summed E-state index contributed by atoms with van der Waals surface area (Å²) < 4.78 is 17.4. The first-order valence-corrected chi connectivity index (χ1v) is 11.6. The molecule has 0 bridgehead atoms. The maximum Gasteiger partial charge on any atom is 0.257 e.